The van der Waals surface area contributed by atoms with Crippen LogP contribution in [-0.4, -0.2) is 44.2 Å². The third-order valence-corrected chi connectivity index (χ3v) is 6.66. The lowest BCUT2D eigenvalue weighted by molar-refractivity contribution is -0.116. The van der Waals surface area contributed by atoms with E-state index in [1.165, 1.54) is 16.6 Å². The molecular formula is C20H25N3O5S. The molecule has 2 aromatic rings. The molecular weight excluding hydrogens is 394 g/mol. The number of nitrogens with one attached hydrogen (secondary N) is 2. The van der Waals surface area contributed by atoms with Gasteiger partial charge in [-0.1, -0.05) is 18.6 Å². The summed E-state index contributed by atoms with van der Waals surface area (Å²) in [6.45, 7) is 1.31. The van der Waals surface area contributed by atoms with Gasteiger partial charge < -0.3 is 15.1 Å². The van der Waals surface area contributed by atoms with E-state index in [1.54, 1.807) is 30.3 Å². The van der Waals surface area contributed by atoms with Crippen LogP contribution in [0.1, 0.15) is 42.7 Å². The van der Waals surface area contributed by atoms with E-state index in [4.69, 9.17) is 4.42 Å². The van der Waals surface area contributed by atoms with Gasteiger partial charge in [-0.15, -0.1) is 0 Å². The summed E-state index contributed by atoms with van der Waals surface area (Å²) in [6, 6.07) is 9.63. The lowest BCUT2D eigenvalue weighted by Crippen LogP contribution is -2.36. The molecule has 3 rings (SSSR count). The second kappa shape index (κ2) is 9.71. The SMILES string of the molecule is O=C(CCCNC(=O)c1ccco1)Nc1ccccc1S(=O)(=O)N1CCCCC1. The molecule has 1 saturated heterocycles. The maximum Gasteiger partial charge on any atom is 0.286 e. The largest absolute Gasteiger partial charge is 0.459 e. The number of nitrogens with zero attached hydrogens (tertiary/aromatic N) is 1. The van der Waals surface area contributed by atoms with Crippen LogP contribution in [-0.2, 0) is 14.8 Å². The lowest BCUT2D eigenvalue weighted by atomic mass is 10.2. The predicted molar refractivity (Wildman–Crippen MR) is 108 cm³/mol. The van der Waals surface area contributed by atoms with Crippen LogP contribution >= 0.6 is 0 Å². The number of rotatable bonds is 8. The minimum absolute atomic E-state index is 0.112. The zero-order valence-corrected chi connectivity index (χ0v) is 16.9. The molecule has 1 fully saturated rings. The predicted octanol–water partition coefficient (Wildman–Crippen LogP) is 2.60. The Labute approximate surface area is 170 Å². The van der Waals surface area contributed by atoms with Gasteiger partial charge in [-0.25, -0.2) is 8.42 Å². The van der Waals surface area contributed by atoms with Gasteiger partial charge in [-0.3, -0.25) is 9.59 Å². The Morgan fingerprint density at radius 1 is 1.03 bits per heavy atom. The number of carbonyl (C=O) groups is 2. The number of carbonyl (C=O) groups excluding carboxylic acids is 2. The molecule has 0 spiro atoms. The van der Waals surface area contributed by atoms with Crippen LogP contribution in [0.2, 0.25) is 0 Å². The smallest absolute Gasteiger partial charge is 0.286 e. The summed E-state index contributed by atoms with van der Waals surface area (Å²) in [6.07, 6.45) is 4.70. The minimum atomic E-state index is -3.65. The lowest BCUT2D eigenvalue weighted by Gasteiger charge is -2.26. The molecule has 2 amide bonds. The molecule has 2 heterocycles. The summed E-state index contributed by atoms with van der Waals surface area (Å²) in [5.74, 6) is -0.432. The molecule has 0 atom stereocenters. The van der Waals surface area contributed by atoms with E-state index >= 15 is 0 Å². The average Bonchev–Trinajstić information content (AvgIpc) is 3.27. The van der Waals surface area contributed by atoms with Crippen LogP contribution < -0.4 is 10.6 Å². The van der Waals surface area contributed by atoms with E-state index in [-0.39, 0.29) is 34.6 Å². The van der Waals surface area contributed by atoms with Gasteiger partial charge in [0, 0.05) is 26.1 Å². The summed E-state index contributed by atoms with van der Waals surface area (Å²) in [5.41, 5.74) is 0.280. The van der Waals surface area contributed by atoms with Crippen molar-refractivity contribution in [3.05, 3.63) is 48.4 Å². The highest BCUT2D eigenvalue weighted by molar-refractivity contribution is 7.89. The Balaban J connectivity index is 1.54. The fourth-order valence-electron chi connectivity index (χ4n) is 3.20. The maximum atomic E-state index is 13.0. The number of benzene rings is 1. The number of para-hydroxylation sites is 1. The van der Waals surface area contributed by atoms with Crippen molar-refractivity contribution in [2.45, 2.75) is 37.0 Å². The summed E-state index contributed by atoms with van der Waals surface area (Å²) in [4.78, 5) is 24.2. The van der Waals surface area contributed by atoms with E-state index in [9.17, 15) is 18.0 Å². The van der Waals surface area contributed by atoms with Gasteiger partial charge in [0.15, 0.2) is 5.76 Å². The number of amides is 2. The van der Waals surface area contributed by atoms with Crippen molar-refractivity contribution in [2.75, 3.05) is 25.0 Å². The zero-order valence-electron chi connectivity index (χ0n) is 16.1. The number of piperidine rings is 1. The molecule has 0 aliphatic carbocycles. The Bertz CT molecular complexity index is 935. The fourth-order valence-corrected chi connectivity index (χ4v) is 4.86. The number of sulfonamides is 1. The quantitative estimate of drug-likeness (QED) is 0.640. The first kappa shape index (κ1) is 21.1. The summed E-state index contributed by atoms with van der Waals surface area (Å²) in [5, 5.41) is 5.36. The summed E-state index contributed by atoms with van der Waals surface area (Å²) in [7, 11) is -3.65. The fraction of sp³-hybridized carbons (Fsp3) is 0.400. The van der Waals surface area contributed by atoms with Crippen LogP contribution in [0.3, 0.4) is 0 Å². The Hall–Kier alpha value is -2.65. The van der Waals surface area contributed by atoms with Gasteiger partial charge in [-0.2, -0.15) is 4.31 Å². The number of anilines is 1. The van der Waals surface area contributed by atoms with Crippen LogP contribution in [0.4, 0.5) is 5.69 Å². The van der Waals surface area contributed by atoms with Gasteiger partial charge in [0.25, 0.3) is 5.91 Å². The first-order valence-corrected chi connectivity index (χ1v) is 11.1. The first-order chi connectivity index (χ1) is 14.0. The third-order valence-electron chi connectivity index (χ3n) is 4.71. The van der Waals surface area contributed by atoms with Crippen molar-refractivity contribution in [3.8, 4) is 0 Å². The van der Waals surface area contributed by atoms with Crippen molar-refractivity contribution in [2.24, 2.45) is 0 Å². The molecule has 156 valence electrons. The van der Waals surface area contributed by atoms with Gasteiger partial charge in [0.2, 0.25) is 15.9 Å². The zero-order chi connectivity index (χ0) is 20.7. The summed E-state index contributed by atoms with van der Waals surface area (Å²) < 4.78 is 32.4. The highest BCUT2D eigenvalue weighted by Gasteiger charge is 2.28. The van der Waals surface area contributed by atoms with E-state index in [1.807, 2.05) is 0 Å². The number of furan rings is 1. The molecule has 8 nitrogen and oxygen atoms in total. The van der Waals surface area contributed by atoms with Crippen molar-refractivity contribution in [1.29, 1.82) is 0 Å². The molecule has 0 radical (unpaired) electrons. The summed E-state index contributed by atoms with van der Waals surface area (Å²) >= 11 is 0. The van der Waals surface area contributed by atoms with Crippen LogP contribution in [0.15, 0.2) is 52.0 Å². The Morgan fingerprint density at radius 2 is 1.79 bits per heavy atom. The van der Waals surface area contributed by atoms with E-state index < -0.39 is 10.0 Å². The van der Waals surface area contributed by atoms with Crippen molar-refractivity contribution in [3.63, 3.8) is 0 Å². The van der Waals surface area contributed by atoms with Crippen molar-refractivity contribution >= 4 is 27.5 Å². The van der Waals surface area contributed by atoms with Gasteiger partial charge in [-0.05, 0) is 43.5 Å². The molecule has 1 aliphatic rings. The minimum Gasteiger partial charge on any atom is -0.459 e. The molecule has 0 saturated carbocycles. The number of hydrogen-bond acceptors (Lipinski definition) is 5. The average molecular weight is 420 g/mol. The number of hydrogen-bond donors (Lipinski definition) is 2. The second-order valence-electron chi connectivity index (χ2n) is 6.85. The Morgan fingerprint density at radius 3 is 2.52 bits per heavy atom. The molecule has 1 aromatic carbocycles. The van der Waals surface area contributed by atoms with E-state index in [2.05, 4.69) is 10.6 Å². The molecule has 1 aromatic heterocycles. The van der Waals surface area contributed by atoms with Crippen LogP contribution in [0.5, 0.6) is 0 Å². The Kier molecular flexibility index (Phi) is 7.05. The topological polar surface area (TPSA) is 109 Å². The van der Waals surface area contributed by atoms with Crippen LogP contribution in [0, 0.1) is 0 Å². The van der Waals surface area contributed by atoms with Gasteiger partial charge in [0.1, 0.15) is 4.90 Å². The second-order valence-corrected chi connectivity index (χ2v) is 8.75. The highest BCUT2D eigenvalue weighted by atomic mass is 32.2. The third kappa shape index (κ3) is 5.45. The van der Waals surface area contributed by atoms with Gasteiger partial charge in [0.05, 0.1) is 12.0 Å². The normalized spacial score (nSPS) is 15.0. The van der Waals surface area contributed by atoms with Crippen molar-refractivity contribution < 1.29 is 22.4 Å². The standard InChI is InChI=1S/C20H25N3O5S/c24-19(11-6-12-21-20(25)17-9-7-15-28-17)22-16-8-2-3-10-18(16)29(26,27)23-13-4-1-5-14-23/h2-3,7-10,15H,1,4-6,11-14H2,(H,21,25)(H,22,24). The molecule has 2 N–H and O–H groups in total. The molecule has 1 aliphatic heterocycles. The first-order valence-electron chi connectivity index (χ1n) is 9.69. The molecule has 29 heavy (non-hydrogen) atoms. The van der Waals surface area contributed by atoms with E-state index in [0.29, 0.717) is 26.1 Å². The van der Waals surface area contributed by atoms with Crippen LogP contribution in [0.25, 0.3) is 0 Å². The van der Waals surface area contributed by atoms with Gasteiger partial charge >= 0.3 is 0 Å². The van der Waals surface area contributed by atoms with E-state index in [0.717, 1.165) is 19.3 Å². The molecule has 0 unspecified atom stereocenters. The van der Waals surface area contributed by atoms with Crippen molar-refractivity contribution in [1.82, 2.24) is 9.62 Å². The highest BCUT2D eigenvalue weighted by Crippen LogP contribution is 2.26. The molecule has 0 bridgehead atoms. The maximum absolute atomic E-state index is 13.0. The molecule has 9 heteroatoms. The monoisotopic (exact) mass is 419 g/mol.